The van der Waals surface area contributed by atoms with Crippen LogP contribution in [0.15, 0.2) is 36.7 Å². The molecule has 1 aliphatic carbocycles. The maximum Gasteiger partial charge on any atom is 0.137 e. The van der Waals surface area contributed by atoms with E-state index in [4.69, 9.17) is 4.74 Å². The Balaban J connectivity index is 2.13. The number of benzene rings is 1. The van der Waals surface area contributed by atoms with E-state index in [9.17, 15) is 5.11 Å². The molecular weight excluding hydrogens is 238 g/mol. The summed E-state index contributed by atoms with van der Waals surface area (Å²) in [5, 5.41) is 11.1. The highest BCUT2D eigenvalue weighted by molar-refractivity contribution is 5.47. The zero-order valence-corrected chi connectivity index (χ0v) is 11.2. The Morgan fingerprint density at radius 1 is 1.26 bits per heavy atom. The summed E-state index contributed by atoms with van der Waals surface area (Å²) < 4.78 is 5.20. The van der Waals surface area contributed by atoms with Crippen LogP contribution in [-0.2, 0) is 12.0 Å². The molecule has 1 aliphatic rings. The second-order valence-electron chi connectivity index (χ2n) is 5.13. The second kappa shape index (κ2) is 4.35. The number of aliphatic hydroxyl groups is 1. The molecule has 1 aromatic heterocycles. The Morgan fingerprint density at radius 2 is 2.11 bits per heavy atom. The molecule has 0 saturated heterocycles. The molecule has 0 saturated carbocycles. The molecule has 0 amide bonds. The van der Waals surface area contributed by atoms with E-state index < -0.39 is 5.60 Å². The molecule has 0 aliphatic heterocycles. The van der Waals surface area contributed by atoms with Crippen LogP contribution in [0.5, 0.6) is 5.75 Å². The van der Waals surface area contributed by atoms with E-state index in [0.29, 0.717) is 12.2 Å². The summed E-state index contributed by atoms with van der Waals surface area (Å²) >= 11 is 0. The van der Waals surface area contributed by atoms with E-state index in [1.54, 1.807) is 19.5 Å². The van der Waals surface area contributed by atoms with Crippen LogP contribution in [0.1, 0.15) is 28.7 Å². The average Bonchev–Trinajstić information content (AvgIpc) is 2.77. The Morgan fingerprint density at radius 3 is 2.89 bits per heavy atom. The SMILES string of the molecule is COc1cncc(C2(O)CCc3ccc(C)cc32)c1. The fourth-order valence-electron chi connectivity index (χ4n) is 2.80. The summed E-state index contributed by atoms with van der Waals surface area (Å²) in [7, 11) is 1.61. The van der Waals surface area contributed by atoms with Gasteiger partial charge in [-0.05, 0) is 37.0 Å². The van der Waals surface area contributed by atoms with Crippen LogP contribution in [0, 0.1) is 6.92 Å². The lowest BCUT2D eigenvalue weighted by Gasteiger charge is -2.25. The molecule has 1 unspecified atom stereocenters. The third kappa shape index (κ3) is 1.90. The predicted molar refractivity (Wildman–Crippen MR) is 73.3 cm³/mol. The molecule has 1 aromatic carbocycles. The van der Waals surface area contributed by atoms with Crippen molar-refractivity contribution in [3.63, 3.8) is 0 Å². The molecule has 3 heteroatoms. The lowest BCUT2D eigenvalue weighted by molar-refractivity contribution is 0.0822. The molecule has 2 aromatic rings. The summed E-state index contributed by atoms with van der Waals surface area (Å²) in [6.45, 7) is 2.04. The molecule has 98 valence electrons. The summed E-state index contributed by atoms with van der Waals surface area (Å²) in [5.41, 5.74) is 3.24. The molecule has 0 radical (unpaired) electrons. The van der Waals surface area contributed by atoms with Crippen molar-refractivity contribution < 1.29 is 9.84 Å². The maximum atomic E-state index is 11.1. The molecule has 0 bridgehead atoms. The lowest BCUT2D eigenvalue weighted by atomic mass is 9.88. The number of hydrogen-bond donors (Lipinski definition) is 1. The number of pyridine rings is 1. The van der Waals surface area contributed by atoms with Gasteiger partial charge in [-0.25, -0.2) is 0 Å². The molecular formula is C16H17NO2. The van der Waals surface area contributed by atoms with Crippen LogP contribution < -0.4 is 4.74 Å². The fourth-order valence-corrected chi connectivity index (χ4v) is 2.80. The van der Waals surface area contributed by atoms with Crippen molar-refractivity contribution in [3.05, 3.63) is 58.9 Å². The Bertz CT molecular complexity index is 624. The first-order valence-electron chi connectivity index (χ1n) is 6.45. The van der Waals surface area contributed by atoms with Crippen molar-refractivity contribution in [1.82, 2.24) is 4.98 Å². The molecule has 0 spiro atoms. The molecule has 1 heterocycles. The third-order valence-corrected chi connectivity index (χ3v) is 3.89. The lowest BCUT2D eigenvalue weighted by Crippen LogP contribution is -2.24. The van der Waals surface area contributed by atoms with E-state index in [-0.39, 0.29) is 0 Å². The van der Waals surface area contributed by atoms with Gasteiger partial charge in [0.15, 0.2) is 0 Å². The Labute approximate surface area is 112 Å². The zero-order chi connectivity index (χ0) is 13.5. The van der Waals surface area contributed by atoms with Crippen LogP contribution in [0.2, 0.25) is 0 Å². The summed E-state index contributed by atoms with van der Waals surface area (Å²) in [5.74, 6) is 0.673. The van der Waals surface area contributed by atoms with Gasteiger partial charge in [0.2, 0.25) is 0 Å². The molecule has 0 fully saturated rings. The summed E-state index contributed by atoms with van der Waals surface area (Å²) in [6, 6.07) is 8.14. The second-order valence-corrected chi connectivity index (χ2v) is 5.13. The monoisotopic (exact) mass is 255 g/mol. The highest BCUT2D eigenvalue weighted by Gasteiger charge is 2.38. The minimum atomic E-state index is -0.942. The fraction of sp³-hybridized carbons (Fsp3) is 0.312. The van der Waals surface area contributed by atoms with Gasteiger partial charge in [-0.1, -0.05) is 23.8 Å². The highest BCUT2D eigenvalue weighted by atomic mass is 16.5. The van der Waals surface area contributed by atoms with E-state index in [1.807, 2.05) is 13.0 Å². The summed E-state index contributed by atoms with van der Waals surface area (Å²) in [4.78, 5) is 4.16. The number of nitrogens with zero attached hydrogens (tertiary/aromatic N) is 1. The van der Waals surface area contributed by atoms with E-state index in [0.717, 1.165) is 23.1 Å². The van der Waals surface area contributed by atoms with Crippen LogP contribution in [0.4, 0.5) is 0 Å². The first-order chi connectivity index (χ1) is 9.13. The van der Waals surface area contributed by atoms with Crippen molar-refractivity contribution in [3.8, 4) is 5.75 Å². The van der Waals surface area contributed by atoms with Gasteiger partial charge in [-0.2, -0.15) is 0 Å². The topological polar surface area (TPSA) is 42.4 Å². The number of rotatable bonds is 2. The molecule has 1 N–H and O–H groups in total. The first kappa shape index (κ1) is 12.2. The van der Waals surface area contributed by atoms with Crippen LogP contribution in [-0.4, -0.2) is 17.2 Å². The van der Waals surface area contributed by atoms with E-state index in [2.05, 4.69) is 23.2 Å². The maximum absolute atomic E-state index is 11.1. The van der Waals surface area contributed by atoms with Crippen molar-refractivity contribution in [1.29, 1.82) is 0 Å². The predicted octanol–water partition coefficient (Wildman–Crippen LogP) is 2.58. The number of fused-ring (bicyclic) bond motifs is 1. The van der Waals surface area contributed by atoms with Crippen molar-refractivity contribution in [2.45, 2.75) is 25.4 Å². The number of aromatic nitrogens is 1. The number of ether oxygens (including phenoxy) is 1. The van der Waals surface area contributed by atoms with Gasteiger partial charge in [0.1, 0.15) is 11.4 Å². The average molecular weight is 255 g/mol. The molecule has 3 rings (SSSR count). The number of hydrogen-bond acceptors (Lipinski definition) is 3. The Kier molecular flexibility index (Phi) is 2.79. The van der Waals surface area contributed by atoms with Crippen molar-refractivity contribution in [2.24, 2.45) is 0 Å². The van der Waals surface area contributed by atoms with Gasteiger partial charge in [-0.15, -0.1) is 0 Å². The van der Waals surface area contributed by atoms with Crippen LogP contribution in [0.3, 0.4) is 0 Å². The van der Waals surface area contributed by atoms with Gasteiger partial charge < -0.3 is 9.84 Å². The largest absolute Gasteiger partial charge is 0.495 e. The van der Waals surface area contributed by atoms with E-state index >= 15 is 0 Å². The third-order valence-electron chi connectivity index (χ3n) is 3.89. The molecule has 3 nitrogen and oxygen atoms in total. The zero-order valence-electron chi connectivity index (χ0n) is 11.2. The number of methoxy groups -OCH3 is 1. The summed E-state index contributed by atoms with van der Waals surface area (Å²) in [6.07, 6.45) is 4.96. The van der Waals surface area contributed by atoms with Gasteiger partial charge in [0, 0.05) is 11.8 Å². The van der Waals surface area contributed by atoms with Crippen LogP contribution >= 0.6 is 0 Å². The first-order valence-corrected chi connectivity index (χ1v) is 6.45. The van der Waals surface area contributed by atoms with Crippen molar-refractivity contribution >= 4 is 0 Å². The molecule has 1 atom stereocenters. The van der Waals surface area contributed by atoms with Gasteiger partial charge in [0.05, 0.1) is 13.3 Å². The molecule has 19 heavy (non-hydrogen) atoms. The smallest absolute Gasteiger partial charge is 0.137 e. The van der Waals surface area contributed by atoms with Gasteiger partial charge in [-0.3, -0.25) is 4.98 Å². The van der Waals surface area contributed by atoms with Gasteiger partial charge >= 0.3 is 0 Å². The van der Waals surface area contributed by atoms with Crippen molar-refractivity contribution in [2.75, 3.05) is 7.11 Å². The number of aryl methyl sites for hydroxylation is 2. The Hall–Kier alpha value is -1.87. The standard InChI is InChI=1S/C16H17NO2/c1-11-3-4-12-5-6-16(18,15(12)7-11)13-8-14(19-2)10-17-9-13/h3-4,7-10,18H,5-6H2,1-2H3. The van der Waals surface area contributed by atoms with Gasteiger partial charge in [0.25, 0.3) is 0 Å². The highest BCUT2D eigenvalue weighted by Crippen LogP contribution is 2.42. The quantitative estimate of drug-likeness (QED) is 0.896. The van der Waals surface area contributed by atoms with Crippen LogP contribution in [0.25, 0.3) is 0 Å². The minimum absolute atomic E-state index is 0.673. The van der Waals surface area contributed by atoms with E-state index in [1.165, 1.54) is 5.56 Å². The normalized spacial score (nSPS) is 21.2. The minimum Gasteiger partial charge on any atom is -0.495 e.